The van der Waals surface area contributed by atoms with E-state index in [1.165, 1.54) is 12.1 Å². The molecule has 1 rings (SSSR count). The molecule has 0 unspecified atom stereocenters. The first-order valence-electron chi connectivity index (χ1n) is 4.72. The minimum absolute atomic E-state index is 0.0398. The Hall–Kier alpha value is -1.99. The monoisotopic (exact) mass is 241 g/mol. The topological polar surface area (TPSA) is 107 Å². The van der Waals surface area contributed by atoms with Crippen molar-refractivity contribution in [1.29, 1.82) is 0 Å². The minimum Gasteiger partial charge on any atom is -0.368 e. The maximum Gasteiger partial charge on any atom is 0.248 e. The zero-order valence-electron chi connectivity index (χ0n) is 8.90. The van der Waals surface area contributed by atoms with E-state index in [-0.39, 0.29) is 24.3 Å². The number of hydrogen-bond acceptors (Lipinski definition) is 4. The van der Waals surface area contributed by atoms with Crippen molar-refractivity contribution < 1.29 is 18.8 Å². The largest absolute Gasteiger partial charge is 0.368 e. The van der Waals surface area contributed by atoms with Gasteiger partial charge in [-0.25, -0.2) is 4.39 Å². The van der Waals surface area contributed by atoms with Gasteiger partial charge in [0.2, 0.25) is 11.8 Å². The average molecular weight is 241 g/mol. The second kappa shape index (κ2) is 5.92. The predicted octanol–water partition coefficient (Wildman–Crippen LogP) is -0.569. The van der Waals surface area contributed by atoms with Gasteiger partial charge in [-0.05, 0) is 12.1 Å². The molecular formula is C10H12FN3O3. The number of benzene rings is 1. The molecule has 1 aromatic rings. The first kappa shape index (κ1) is 13.1. The lowest BCUT2D eigenvalue weighted by atomic mass is 10.1. The van der Waals surface area contributed by atoms with Crippen LogP contribution in [0.2, 0.25) is 0 Å². The summed E-state index contributed by atoms with van der Waals surface area (Å²) in [5, 5.41) is 0. The maximum absolute atomic E-state index is 13.4. The number of rotatable bonds is 6. The molecule has 0 fully saturated rings. The molecule has 0 saturated heterocycles. The SMILES string of the molecule is NC(=O)CONCc1ccc(C(N)=O)cc1F. The third-order valence-electron chi connectivity index (χ3n) is 1.92. The predicted molar refractivity (Wildman–Crippen MR) is 56.9 cm³/mol. The van der Waals surface area contributed by atoms with Crippen molar-refractivity contribution in [1.82, 2.24) is 5.48 Å². The van der Waals surface area contributed by atoms with E-state index < -0.39 is 17.6 Å². The molecule has 17 heavy (non-hydrogen) atoms. The Morgan fingerprint density at radius 1 is 1.35 bits per heavy atom. The van der Waals surface area contributed by atoms with Crippen molar-refractivity contribution in [3.63, 3.8) is 0 Å². The van der Waals surface area contributed by atoms with Crippen LogP contribution < -0.4 is 16.9 Å². The van der Waals surface area contributed by atoms with Crippen LogP contribution in [0.1, 0.15) is 15.9 Å². The molecule has 0 aliphatic heterocycles. The fraction of sp³-hybridized carbons (Fsp3) is 0.200. The van der Waals surface area contributed by atoms with Crippen molar-refractivity contribution in [2.45, 2.75) is 6.54 Å². The molecule has 5 N–H and O–H groups in total. The highest BCUT2D eigenvalue weighted by atomic mass is 19.1. The van der Waals surface area contributed by atoms with Crippen LogP contribution in [-0.2, 0) is 16.2 Å². The average Bonchev–Trinajstić information content (AvgIpc) is 2.25. The Balaban J connectivity index is 2.54. The van der Waals surface area contributed by atoms with E-state index in [1.807, 2.05) is 0 Å². The molecule has 1 aromatic carbocycles. The molecule has 0 radical (unpaired) electrons. The molecule has 0 saturated carbocycles. The van der Waals surface area contributed by atoms with Gasteiger partial charge >= 0.3 is 0 Å². The molecule has 7 heteroatoms. The normalized spacial score (nSPS) is 10.2. The van der Waals surface area contributed by atoms with Crippen LogP contribution in [-0.4, -0.2) is 18.4 Å². The van der Waals surface area contributed by atoms with Crippen LogP contribution in [0.3, 0.4) is 0 Å². The van der Waals surface area contributed by atoms with Crippen LogP contribution in [0.5, 0.6) is 0 Å². The molecule has 0 aromatic heterocycles. The van der Waals surface area contributed by atoms with Crippen LogP contribution in [0.25, 0.3) is 0 Å². The smallest absolute Gasteiger partial charge is 0.248 e. The summed E-state index contributed by atoms with van der Waals surface area (Å²) in [7, 11) is 0. The number of primary amides is 2. The van der Waals surface area contributed by atoms with E-state index in [0.717, 1.165) is 6.07 Å². The lowest BCUT2D eigenvalue weighted by Crippen LogP contribution is -2.24. The Morgan fingerprint density at radius 3 is 2.59 bits per heavy atom. The highest BCUT2D eigenvalue weighted by Gasteiger charge is 2.06. The van der Waals surface area contributed by atoms with Crippen LogP contribution in [0, 0.1) is 5.82 Å². The van der Waals surface area contributed by atoms with E-state index >= 15 is 0 Å². The van der Waals surface area contributed by atoms with Crippen LogP contribution in [0.4, 0.5) is 4.39 Å². The van der Waals surface area contributed by atoms with Crippen molar-refractivity contribution in [2.24, 2.45) is 11.5 Å². The molecular weight excluding hydrogens is 229 g/mol. The summed E-state index contributed by atoms with van der Waals surface area (Å²) in [6.45, 7) is -0.265. The maximum atomic E-state index is 13.4. The zero-order valence-corrected chi connectivity index (χ0v) is 8.90. The molecule has 92 valence electrons. The fourth-order valence-corrected chi connectivity index (χ4v) is 1.09. The van der Waals surface area contributed by atoms with Gasteiger partial charge in [0.05, 0.1) is 0 Å². The lowest BCUT2D eigenvalue weighted by molar-refractivity contribution is -0.125. The molecule has 0 atom stereocenters. The van der Waals surface area contributed by atoms with Gasteiger partial charge in [-0.1, -0.05) is 6.07 Å². The number of amides is 2. The fourth-order valence-electron chi connectivity index (χ4n) is 1.09. The highest BCUT2D eigenvalue weighted by Crippen LogP contribution is 2.09. The third kappa shape index (κ3) is 4.17. The first-order valence-corrected chi connectivity index (χ1v) is 4.72. The third-order valence-corrected chi connectivity index (χ3v) is 1.92. The summed E-state index contributed by atoms with van der Waals surface area (Å²) in [6.07, 6.45) is 0. The summed E-state index contributed by atoms with van der Waals surface area (Å²) in [6, 6.07) is 3.83. The molecule has 6 nitrogen and oxygen atoms in total. The van der Waals surface area contributed by atoms with E-state index in [1.54, 1.807) is 0 Å². The van der Waals surface area contributed by atoms with E-state index in [0.29, 0.717) is 0 Å². The molecule has 0 bridgehead atoms. The van der Waals surface area contributed by atoms with Gasteiger partial charge in [-0.3, -0.25) is 14.4 Å². The van der Waals surface area contributed by atoms with Crippen molar-refractivity contribution in [3.8, 4) is 0 Å². The molecule has 2 amide bonds. The van der Waals surface area contributed by atoms with Gasteiger partial charge in [-0.15, -0.1) is 0 Å². The number of hydrogen-bond donors (Lipinski definition) is 3. The van der Waals surface area contributed by atoms with Crippen LogP contribution >= 0.6 is 0 Å². The first-order chi connectivity index (χ1) is 8.00. The Kier molecular flexibility index (Phi) is 4.56. The summed E-state index contributed by atoms with van der Waals surface area (Å²) in [5.74, 6) is -1.92. The Bertz CT molecular complexity index is 437. The lowest BCUT2D eigenvalue weighted by Gasteiger charge is -2.06. The van der Waals surface area contributed by atoms with E-state index in [4.69, 9.17) is 11.5 Å². The number of hydroxylamine groups is 1. The van der Waals surface area contributed by atoms with Gasteiger partial charge in [0, 0.05) is 17.7 Å². The van der Waals surface area contributed by atoms with Gasteiger partial charge in [0.1, 0.15) is 12.4 Å². The van der Waals surface area contributed by atoms with Gasteiger partial charge in [-0.2, -0.15) is 5.48 Å². The molecule has 0 aliphatic rings. The quantitative estimate of drug-likeness (QED) is 0.458. The van der Waals surface area contributed by atoms with Gasteiger partial charge < -0.3 is 11.5 Å². The zero-order chi connectivity index (χ0) is 12.8. The summed E-state index contributed by atoms with van der Waals surface area (Å²) >= 11 is 0. The van der Waals surface area contributed by atoms with E-state index in [9.17, 15) is 14.0 Å². The molecule has 0 aliphatic carbocycles. The summed E-state index contributed by atoms with van der Waals surface area (Å²) in [4.78, 5) is 25.7. The number of nitrogens with one attached hydrogen (secondary N) is 1. The standard InChI is InChI=1S/C10H12FN3O3/c11-8-3-6(10(13)16)1-2-7(8)4-14-17-5-9(12)15/h1-3,14H,4-5H2,(H2,12,15)(H2,13,16). The Labute approximate surface area is 96.7 Å². The minimum atomic E-state index is -0.701. The molecule has 0 spiro atoms. The second-order valence-electron chi connectivity index (χ2n) is 3.25. The highest BCUT2D eigenvalue weighted by molar-refractivity contribution is 5.92. The summed E-state index contributed by atoms with van der Waals surface area (Å²) in [5.41, 5.74) is 12.5. The number of carbonyl (C=O) groups is 2. The van der Waals surface area contributed by atoms with Gasteiger partial charge in [0.25, 0.3) is 0 Å². The number of carbonyl (C=O) groups excluding carboxylic acids is 2. The van der Waals surface area contributed by atoms with E-state index in [2.05, 4.69) is 10.3 Å². The second-order valence-corrected chi connectivity index (χ2v) is 3.25. The number of halogens is 1. The van der Waals surface area contributed by atoms with Crippen molar-refractivity contribution >= 4 is 11.8 Å². The van der Waals surface area contributed by atoms with Gasteiger partial charge in [0.15, 0.2) is 0 Å². The molecule has 0 heterocycles. The van der Waals surface area contributed by atoms with Crippen LogP contribution in [0.15, 0.2) is 18.2 Å². The summed E-state index contributed by atoms with van der Waals surface area (Å²) < 4.78 is 13.4. The number of nitrogens with two attached hydrogens (primary N) is 2. The van der Waals surface area contributed by atoms with Crippen molar-refractivity contribution in [2.75, 3.05) is 6.61 Å². The Morgan fingerprint density at radius 2 is 2.06 bits per heavy atom. The van der Waals surface area contributed by atoms with Crippen molar-refractivity contribution in [3.05, 3.63) is 35.1 Å².